The third-order valence-corrected chi connectivity index (χ3v) is 4.67. The van der Waals surface area contributed by atoms with Crippen LogP contribution >= 0.6 is 11.6 Å². The summed E-state index contributed by atoms with van der Waals surface area (Å²) in [7, 11) is 1.93. The molecule has 0 aliphatic rings. The van der Waals surface area contributed by atoms with E-state index in [2.05, 4.69) is 16.9 Å². The second-order valence-corrected chi connectivity index (χ2v) is 6.76. The molecule has 2 N–H and O–H groups in total. The van der Waals surface area contributed by atoms with Crippen LogP contribution in [0.1, 0.15) is 29.5 Å². The number of benzene rings is 1. The van der Waals surface area contributed by atoms with Crippen molar-refractivity contribution >= 4 is 23.3 Å². The number of halogens is 1. The molecule has 0 aliphatic heterocycles. The second-order valence-electron chi connectivity index (χ2n) is 6.35. The van der Waals surface area contributed by atoms with E-state index in [1.54, 1.807) is 18.5 Å². The molecule has 0 aliphatic carbocycles. The van der Waals surface area contributed by atoms with Crippen molar-refractivity contribution in [3.05, 3.63) is 65.3 Å². The van der Waals surface area contributed by atoms with Crippen LogP contribution in [0.5, 0.6) is 0 Å². The van der Waals surface area contributed by atoms with Gasteiger partial charge in [-0.2, -0.15) is 0 Å². The monoisotopic (exact) mass is 383 g/mol. The maximum atomic E-state index is 13.0. The number of hydrogen-bond acceptors (Lipinski definition) is 4. The molecule has 2 heterocycles. The summed E-state index contributed by atoms with van der Waals surface area (Å²) >= 11 is 6.05. The Labute approximate surface area is 163 Å². The molecule has 0 unspecified atom stereocenters. The van der Waals surface area contributed by atoms with Gasteiger partial charge in [-0.05, 0) is 30.2 Å². The smallest absolute Gasteiger partial charge is 0.254 e. The lowest BCUT2D eigenvalue weighted by atomic mass is 10.0. The standard InChI is InChI=1S/C20H22ClN5O/c1-3-9-26(13-18-23-8-10-25(18)2)20(27)15-6-4-14(5-7-15)16-11-17(21)19(22)24-12-16/h4-8,10-12H,3,9,13H2,1-2H3,(H2,22,24). The molecule has 0 fully saturated rings. The molecule has 0 spiro atoms. The maximum absolute atomic E-state index is 13.0. The first-order chi connectivity index (χ1) is 13.0. The van der Waals surface area contributed by atoms with Gasteiger partial charge in [-0.1, -0.05) is 30.7 Å². The van der Waals surface area contributed by atoms with Crippen molar-refractivity contribution in [1.82, 2.24) is 19.4 Å². The molecule has 0 bridgehead atoms. The van der Waals surface area contributed by atoms with Crippen LogP contribution < -0.4 is 5.73 Å². The highest BCUT2D eigenvalue weighted by Gasteiger charge is 2.17. The predicted molar refractivity (Wildman–Crippen MR) is 107 cm³/mol. The molecule has 1 amide bonds. The maximum Gasteiger partial charge on any atom is 0.254 e. The summed E-state index contributed by atoms with van der Waals surface area (Å²) in [5, 5.41) is 0.414. The van der Waals surface area contributed by atoms with Gasteiger partial charge in [0, 0.05) is 43.3 Å². The largest absolute Gasteiger partial charge is 0.382 e. The second kappa shape index (κ2) is 8.22. The van der Waals surface area contributed by atoms with E-state index in [4.69, 9.17) is 17.3 Å². The first-order valence-corrected chi connectivity index (χ1v) is 9.14. The van der Waals surface area contributed by atoms with Gasteiger partial charge in [-0.15, -0.1) is 0 Å². The highest BCUT2D eigenvalue weighted by Crippen LogP contribution is 2.25. The molecule has 0 saturated heterocycles. The van der Waals surface area contributed by atoms with Crippen molar-refractivity contribution in [3.63, 3.8) is 0 Å². The molecule has 7 heteroatoms. The van der Waals surface area contributed by atoms with Gasteiger partial charge in [-0.3, -0.25) is 4.79 Å². The summed E-state index contributed by atoms with van der Waals surface area (Å²) < 4.78 is 1.93. The Balaban J connectivity index is 1.80. The molecule has 2 aromatic heterocycles. The zero-order valence-corrected chi connectivity index (χ0v) is 16.1. The van der Waals surface area contributed by atoms with E-state index in [9.17, 15) is 4.79 Å². The Morgan fingerprint density at radius 1 is 1.22 bits per heavy atom. The molecule has 140 valence electrons. The van der Waals surface area contributed by atoms with Gasteiger partial charge in [0.15, 0.2) is 0 Å². The summed E-state index contributed by atoms with van der Waals surface area (Å²) in [6.07, 6.45) is 6.17. The Bertz CT molecular complexity index is 936. The van der Waals surface area contributed by atoms with Gasteiger partial charge in [0.2, 0.25) is 0 Å². The van der Waals surface area contributed by atoms with Crippen LogP contribution in [-0.4, -0.2) is 31.9 Å². The van der Waals surface area contributed by atoms with E-state index in [1.807, 2.05) is 47.0 Å². The number of carbonyl (C=O) groups is 1. The van der Waals surface area contributed by atoms with Crippen LogP contribution in [-0.2, 0) is 13.6 Å². The van der Waals surface area contributed by atoms with Crippen molar-refractivity contribution < 1.29 is 4.79 Å². The lowest BCUT2D eigenvalue weighted by Crippen LogP contribution is -2.32. The molecular formula is C20H22ClN5O. The number of carbonyl (C=O) groups excluding carboxylic acids is 1. The van der Waals surface area contributed by atoms with Gasteiger partial charge in [0.05, 0.1) is 11.6 Å². The molecule has 0 atom stereocenters. The number of aryl methyl sites for hydroxylation is 1. The summed E-state index contributed by atoms with van der Waals surface area (Å²) in [6.45, 7) is 3.21. The minimum atomic E-state index is -0.0140. The minimum Gasteiger partial charge on any atom is -0.382 e. The third-order valence-electron chi connectivity index (χ3n) is 4.37. The first-order valence-electron chi connectivity index (χ1n) is 8.76. The van der Waals surface area contributed by atoms with E-state index in [-0.39, 0.29) is 5.91 Å². The van der Waals surface area contributed by atoms with E-state index in [0.29, 0.717) is 29.5 Å². The molecule has 1 aromatic carbocycles. The number of pyridine rings is 1. The lowest BCUT2D eigenvalue weighted by molar-refractivity contribution is 0.0737. The zero-order valence-electron chi connectivity index (χ0n) is 15.4. The number of hydrogen-bond donors (Lipinski definition) is 1. The van der Waals surface area contributed by atoms with Gasteiger partial charge in [0.25, 0.3) is 5.91 Å². The fourth-order valence-electron chi connectivity index (χ4n) is 2.84. The fraction of sp³-hybridized carbons (Fsp3) is 0.250. The molecule has 0 saturated carbocycles. The van der Waals surface area contributed by atoms with Crippen LogP contribution in [0.4, 0.5) is 5.82 Å². The summed E-state index contributed by atoms with van der Waals surface area (Å²) in [4.78, 5) is 23.2. The summed E-state index contributed by atoms with van der Waals surface area (Å²) in [5.41, 5.74) is 8.07. The first kappa shape index (κ1) is 18.9. The van der Waals surface area contributed by atoms with Crippen molar-refractivity contribution in [2.45, 2.75) is 19.9 Å². The van der Waals surface area contributed by atoms with Crippen molar-refractivity contribution in [3.8, 4) is 11.1 Å². The number of imidazole rings is 1. The van der Waals surface area contributed by atoms with Crippen LogP contribution in [0.25, 0.3) is 11.1 Å². The van der Waals surface area contributed by atoms with Crippen molar-refractivity contribution in [1.29, 1.82) is 0 Å². The molecule has 3 rings (SSSR count). The number of nitrogens with zero attached hydrogens (tertiary/aromatic N) is 4. The normalized spacial score (nSPS) is 10.8. The van der Waals surface area contributed by atoms with Crippen molar-refractivity contribution in [2.24, 2.45) is 7.05 Å². The number of anilines is 1. The highest BCUT2D eigenvalue weighted by molar-refractivity contribution is 6.33. The number of aromatic nitrogens is 3. The van der Waals surface area contributed by atoms with Gasteiger partial charge < -0.3 is 15.2 Å². The van der Waals surface area contributed by atoms with Crippen molar-refractivity contribution in [2.75, 3.05) is 12.3 Å². The van der Waals surface area contributed by atoms with Crippen LogP contribution in [0.2, 0.25) is 5.02 Å². The Kier molecular flexibility index (Phi) is 5.76. The third kappa shape index (κ3) is 4.28. The summed E-state index contributed by atoms with van der Waals surface area (Å²) in [5.74, 6) is 1.15. The number of nitrogen functional groups attached to an aromatic ring is 1. The lowest BCUT2D eigenvalue weighted by Gasteiger charge is -2.22. The predicted octanol–water partition coefficient (Wildman–Crippen LogP) is 3.77. The minimum absolute atomic E-state index is 0.0140. The highest BCUT2D eigenvalue weighted by atomic mass is 35.5. The number of nitrogens with two attached hydrogens (primary N) is 1. The van der Waals surface area contributed by atoms with Crippen LogP contribution in [0.15, 0.2) is 48.9 Å². The van der Waals surface area contributed by atoms with Gasteiger partial charge in [0.1, 0.15) is 11.6 Å². The summed E-state index contributed by atoms with van der Waals surface area (Å²) in [6, 6.07) is 9.19. The van der Waals surface area contributed by atoms with E-state index in [1.165, 1.54) is 0 Å². The average molecular weight is 384 g/mol. The van der Waals surface area contributed by atoms with E-state index >= 15 is 0 Å². The van der Waals surface area contributed by atoms with E-state index < -0.39 is 0 Å². The van der Waals surface area contributed by atoms with Gasteiger partial charge >= 0.3 is 0 Å². The Morgan fingerprint density at radius 3 is 2.56 bits per heavy atom. The van der Waals surface area contributed by atoms with Crippen LogP contribution in [0, 0.1) is 0 Å². The number of amides is 1. The zero-order chi connectivity index (χ0) is 19.4. The Hall–Kier alpha value is -2.86. The number of rotatable bonds is 6. The SMILES string of the molecule is CCCN(Cc1nccn1C)C(=O)c1ccc(-c2cnc(N)c(Cl)c2)cc1. The molecule has 6 nitrogen and oxygen atoms in total. The quantitative estimate of drug-likeness (QED) is 0.702. The molecule has 3 aromatic rings. The van der Waals surface area contributed by atoms with Crippen LogP contribution in [0.3, 0.4) is 0 Å². The topological polar surface area (TPSA) is 77.0 Å². The van der Waals surface area contributed by atoms with E-state index in [0.717, 1.165) is 23.4 Å². The average Bonchev–Trinajstić information content (AvgIpc) is 3.08. The molecule has 0 radical (unpaired) electrons. The van der Waals surface area contributed by atoms with Gasteiger partial charge in [-0.25, -0.2) is 9.97 Å². The molecular weight excluding hydrogens is 362 g/mol. The Morgan fingerprint density at radius 2 is 1.96 bits per heavy atom. The fourth-order valence-corrected chi connectivity index (χ4v) is 3.00. The molecule has 27 heavy (non-hydrogen) atoms.